The second kappa shape index (κ2) is 6.40. The Hall–Kier alpha value is -2.37. The summed E-state index contributed by atoms with van der Waals surface area (Å²) in [7, 11) is 0. The number of carbonyl (C=O) groups excluding carboxylic acids is 1. The van der Waals surface area contributed by atoms with Gasteiger partial charge in [-0.2, -0.15) is 0 Å². The van der Waals surface area contributed by atoms with Crippen LogP contribution in [0.25, 0.3) is 0 Å². The van der Waals surface area contributed by atoms with E-state index in [9.17, 15) is 9.90 Å². The van der Waals surface area contributed by atoms with Crippen molar-refractivity contribution in [2.24, 2.45) is 0 Å². The quantitative estimate of drug-likeness (QED) is 0.910. The third-order valence-electron chi connectivity index (χ3n) is 4.54. The van der Waals surface area contributed by atoms with Gasteiger partial charge < -0.3 is 15.0 Å². The van der Waals surface area contributed by atoms with Crippen molar-refractivity contribution in [3.05, 3.63) is 40.5 Å². The first kappa shape index (κ1) is 15.5. The average molecular weight is 314 g/mol. The molecular formula is C17H22N4O2. The molecule has 0 saturated heterocycles. The first-order valence-electron chi connectivity index (χ1n) is 8.06. The predicted molar refractivity (Wildman–Crippen MR) is 86.3 cm³/mol. The standard InChI is InChI=1S/C17H22N4O2/c1-11-7-8-13(16(22)12(11)2)17(23)18-10-15-20-19-14-6-4-3-5-9-21(14)15/h7-8,22H,3-6,9-10H2,1-2H3,(H,18,23). The molecule has 23 heavy (non-hydrogen) atoms. The topological polar surface area (TPSA) is 80.0 Å². The maximum absolute atomic E-state index is 12.3. The van der Waals surface area contributed by atoms with Crippen LogP contribution in [-0.4, -0.2) is 25.8 Å². The molecule has 2 aromatic rings. The highest BCUT2D eigenvalue weighted by Crippen LogP contribution is 2.24. The minimum atomic E-state index is -0.295. The number of nitrogens with one attached hydrogen (secondary N) is 1. The first-order chi connectivity index (χ1) is 11.1. The summed E-state index contributed by atoms with van der Waals surface area (Å²) in [4.78, 5) is 12.3. The van der Waals surface area contributed by atoms with Crippen molar-refractivity contribution in [3.8, 4) is 5.75 Å². The van der Waals surface area contributed by atoms with Crippen LogP contribution in [0.4, 0.5) is 0 Å². The molecule has 0 aliphatic carbocycles. The molecule has 3 rings (SSSR count). The molecule has 0 fully saturated rings. The number of hydrogen-bond acceptors (Lipinski definition) is 4. The Labute approximate surface area is 135 Å². The van der Waals surface area contributed by atoms with Crippen LogP contribution in [-0.2, 0) is 19.5 Å². The number of aromatic nitrogens is 3. The summed E-state index contributed by atoms with van der Waals surface area (Å²) in [6.07, 6.45) is 4.40. The van der Waals surface area contributed by atoms with Gasteiger partial charge in [-0.05, 0) is 43.9 Å². The molecule has 0 spiro atoms. The normalized spacial score (nSPS) is 14.2. The molecule has 122 valence electrons. The van der Waals surface area contributed by atoms with Crippen LogP contribution in [0.3, 0.4) is 0 Å². The van der Waals surface area contributed by atoms with Gasteiger partial charge in [-0.1, -0.05) is 12.5 Å². The lowest BCUT2D eigenvalue weighted by molar-refractivity contribution is 0.0946. The second-order valence-electron chi connectivity index (χ2n) is 6.08. The number of aryl methyl sites for hydroxylation is 2. The van der Waals surface area contributed by atoms with Crippen LogP contribution in [0.2, 0.25) is 0 Å². The van der Waals surface area contributed by atoms with Crippen LogP contribution in [0.5, 0.6) is 5.75 Å². The van der Waals surface area contributed by atoms with Crippen LogP contribution in [0, 0.1) is 13.8 Å². The number of carbonyl (C=O) groups is 1. The number of amides is 1. The minimum absolute atomic E-state index is 0.0440. The van der Waals surface area contributed by atoms with E-state index in [4.69, 9.17) is 0 Å². The maximum Gasteiger partial charge on any atom is 0.255 e. The summed E-state index contributed by atoms with van der Waals surface area (Å²) in [5.74, 6) is 1.53. The fourth-order valence-corrected chi connectivity index (χ4v) is 2.91. The smallest absolute Gasteiger partial charge is 0.255 e. The number of rotatable bonds is 3. The lowest BCUT2D eigenvalue weighted by atomic mass is 10.0. The molecule has 0 radical (unpaired) electrons. The van der Waals surface area contributed by atoms with E-state index < -0.39 is 0 Å². The van der Waals surface area contributed by atoms with E-state index in [1.54, 1.807) is 13.0 Å². The molecular weight excluding hydrogens is 292 g/mol. The van der Waals surface area contributed by atoms with Crippen molar-refractivity contribution < 1.29 is 9.90 Å². The van der Waals surface area contributed by atoms with Gasteiger partial charge in [0.1, 0.15) is 11.6 Å². The van der Waals surface area contributed by atoms with Gasteiger partial charge in [0, 0.05) is 13.0 Å². The largest absolute Gasteiger partial charge is 0.507 e. The zero-order valence-corrected chi connectivity index (χ0v) is 13.6. The predicted octanol–water partition coefficient (Wildman–Crippen LogP) is 2.26. The van der Waals surface area contributed by atoms with Gasteiger partial charge in [0.05, 0.1) is 12.1 Å². The highest BCUT2D eigenvalue weighted by atomic mass is 16.3. The highest BCUT2D eigenvalue weighted by Gasteiger charge is 2.17. The summed E-state index contributed by atoms with van der Waals surface area (Å²) < 4.78 is 2.10. The van der Waals surface area contributed by atoms with E-state index in [0.29, 0.717) is 12.1 Å². The monoisotopic (exact) mass is 314 g/mol. The van der Waals surface area contributed by atoms with E-state index in [2.05, 4.69) is 20.1 Å². The summed E-state index contributed by atoms with van der Waals surface area (Å²) >= 11 is 0. The molecule has 0 atom stereocenters. The van der Waals surface area contributed by atoms with Crippen molar-refractivity contribution in [1.82, 2.24) is 20.1 Å². The van der Waals surface area contributed by atoms with E-state index in [-0.39, 0.29) is 11.7 Å². The van der Waals surface area contributed by atoms with E-state index in [0.717, 1.165) is 48.6 Å². The third-order valence-corrected chi connectivity index (χ3v) is 4.54. The number of hydrogen-bond donors (Lipinski definition) is 2. The number of aromatic hydroxyl groups is 1. The molecule has 0 unspecified atom stereocenters. The van der Waals surface area contributed by atoms with Gasteiger partial charge >= 0.3 is 0 Å². The van der Waals surface area contributed by atoms with E-state index in [1.807, 2.05) is 13.0 Å². The molecule has 2 heterocycles. The Bertz CT molecular complexity index is 736. The van der Waals surface area contributed by atoms with Gasteiger partial charge in [0.25, 0.3) is 5.91 Å². The lowest BCUT2D eigenvalue weighted by Gasteiger charge is -2.11. The van der Waals surface area contributed by atoms with Gasteiger partial charge in [0.15, 0.2) is 5.82 Å². The van der Waals surface area contributed by atoms with Crippen LogP contribution < -0.4 is 5.32 Å². The number of phenolic OH excluding ortho intramolecular Hbond substituents is 1. The van der Waals surface area contributed by atoms with Crippen LogP contribution in [0.1, 0.15) is 52.4 Å². The number of phenols is 1. The Morgan fingerprint density at radius 3 is 2.91 bits per heavy atom. The van der Waals surface area contributed by atoms with Crippen molar-refractivity contribution in [3.63, 3.8) is 0 Å². The summed E-state index contributed by atoms with van der Waals surface area (Å²) in [6.45, 7) is 4.93. The molecule has 0 saturated carbocycles. The number of benzene rings is 1. The fraction of sp³-hybridized carbons (Fsp3) is 0.471. The Morgan fingerprint density at radius 1 is 1.26 bits per heavy atom. The summed E-state index contributed by atoms with van der Waals surface area (Å²) in [5.41, 5.74) is 1.99. The SMILES string of the molecule is Cc1ccc(C(=O)NCc2nnc3n2CCCCC3)c(O)c1C. The molecule has 1 aromatic carbocycles. The molecule has 1 aliphatic heterocycles. The second-order valence-corrected chi connectivity index (χ2v) is 6.08. The summed E-state index contributed by atoms with van der Waals surface area (Å²) in [5, 5.41) is 21.4. The van der Waals surface area contributed by atoms with Gasteiger partial charge in [0.2, 0.25) is 0 Å². The molecule has 0 bridgehead atoms. The lowest BCUT2D eigenvalue weighted by Crippen LogP contribution is -2.25. The van der Waals surface area contributed by atoms with Gasteiger partial charge in [-0.3, -0.25) is 4.79 Å². The molecule has 6 heteroatoms. The highest BCUT2D eigenvalue weighted by molar-refractivity contribution is 5.97. The fourth-order valence-electron chi connectivity index (χ4n) is 2.91. The molecule has 1 aromatic heterocycles. The van der Waals surface area contributed by atoms with Gasteiger partial charge in [-0.25, -0.2) is 0 Å². The van der Waals surface area contributed by atoms with E-state index >= 15 is 0 Å². The van der Waals surface area contributed by atoms with Gasteiger partial charge in [-0.15, -0.1) is 10.2 Å². The van der Waals surface area contributed by atoms with Crippen molar-refractivity contribution in [2.45, 2.75) is 52.6 Å². The Kier molecular flexibility index (Phi) is 4.32. The zero-order chi connectivity index (χ0) is 16.4. The van der Waals surface area contributed by atoms with E-state index in [1.165, 1.54) is 6.42 Å². The number of nitrogens with zero attached hydrogens (tertiary/aromatic N) is 3. The van der Waals surface area contributed by atoms with Crippen molar-refractivity contribution in [1.29, 1.82) is 0 Å². The average Bonchev–Trinajstić information content (AvgIpc) is 2.77. The molecule has 1 amide bonds. The Balaban J connectivity index is 1.73. The summed E-state index contributed by atoms with van der Waals surface area (Å²) in [6, 6.07) is 3.49. The first-order valence-corrected chi connectivity index (χ1v) is 8.06. The minimum Gasteiger partial charge on any atom is -0.507 e. The molecule has 1 aliphatic rings. The van der Waals surface area contributed by atoms with Crippen molar-refractivity contribution in [2.75, 3.05) is 0 Å². The van der Waals surface area contributed by atoms with Crippen molar-refractivity contribution >= 4 is 5.91 Å². The molecule has 6 nitrogen and oxygen atoms in total. The third kappa shape index (κ3) is 3.06. The van der Waals surface area contributed by atoms with Crippen LogP contribution >= 0.6 is 0 Å². The zero-order valence-electron chi connectivity index (χ0n) is 13.6. The molecule has 2 N–H and O–H groups in total. The van der Waals surface area contributed by atoms with Crippen LogP contribution in [0.15, 0.2) is 12.1 Å². The Morgan fingerprint density at radius 2 is 2.09 bits per heavy atom. The maximum atomic E-state index is 12.3. The number of fused-ring (bicyclic) bond motifs is 1.